The first-order valence-corrected chi connectivity index (χ1v) is 8.92. The molecule has 2 saturated heterocycles. The van der Waals surface area contributed by atoms with Crippen LogP contribution in [0.25, 0.3) is 0 Å². The molecule has 0 radical (unpaired) electrons. The molecule has 1 N–H and O–H groups in total. The Morgan fingerprint density at radius 1 is 1.25 bits per heavy atom. The van der Waals surface area contributed by atoms with E-state index in [0.717, 1.165) is 58.7 Å². The van der Waals surface area contributed by atoms with Crippen LogP contribution in [0, 0.1) is 11.3 Å². The molecule has 1 amide bonds. The van der Waals surface area contributed by atoms with Crippen molar-refractivity contribution in [3.63, 3.8) is 0 Å². The molecule has 2 atom stereocenters. The number of nitrogens with one attached hydrogen (secondary N) is 1. The fourth-order valence-electron chi connectivity index (χ4n) is 4.38. The SMILES string of the molecule is CCC1CN(C(=O)C2CC23CCNCC3)CCN1CCOC.Cl.Cl. The van der Waals surface area contributed by atoms with Gasteiger partial charge in [-0.3, -0.25) is 9.69 Å². The molecule has 0 aromatic heterocycles. The number of halogens is 2. The Bertz CT molecular complexity index is 405. The van der Waals surface area contributed by atoms with Gasteiger partial charge in [0.05, 0.1) is 6.61 Å². The van der Waals surface area contributed by atoms with Crippen molar-refractivity contribution in [3.8, 4) is 0 Å². The first kappa shape index (κ1) is 22.0. The molecule has 3 rings (SSSR count). The van der Waals surface area contributed by atoms with Gasteiger partial charge in [0.15, 0.2) is 0 Å². The van der Waals surface area contributed by atoms with E-state index >= 15 is 0 Å². The van der Waals surface area contributed by atoms with Crippen molar-refractivity contribution >= 4 is 30.7 Å². The molecule has 1 aliphatic carbocycles. The minimum Gasteiger partial charge on any atom is -0.383 e. The van der Waals surface area contributed by atoms with E-state index < -0.39 is 0 Å². The first-order valence-electron chi connectivity index (χ1n) is 8.92. The van der Waals surface area contributed by atoms with Gasteiger partial charge in [-0.05, 0) is 44.2 Å². The van der Waals surface area contributed by atoms with E-state index in [1.807, 2.05) is 0 Å². The quantitative estimate of drug-likeness (QED) is 0.788. The number of carbonyl (C=O) groups is 1. The fraction of sp³-hybridized carbons (Fsp3) is 0.941. The minimum atomic E-state index is 0. The second kappa shape index (κ2) is 9.58. The summed E-state index contributed by atoms with van der Waals surface area (Å²) in [5.41, 5.74) is 0.358. The van der Waals surface area contributed by atoms with Gasteiger partial charge in [-0.15, -0.1) is 24.8 Å². The highest BCUT2D eigenvalue weighted by Crippen LogP contribution is 2.59. The van der Waals surface area contributed by atoms with E-state index in [-0.39, 0.29) is 24.8 Å². The maximum Gasteiger partial charge on any atom is 0.226 e. The molecule has 7 heteroatoms. The summed E-state index contributed by atoms with van der Waals surface area (Å²) in [6, 6.07) is 0.496. The Labute approximate surface area is 158 Å². The number of carbonyl (C=O) groups excluding carboxylic acids is 1. The van der Waals surface area contributed by atoms with Crippen LogP contribution in [-0.2, 0) is 9.53 Å². The zero-order valence-electron chi connectivity index (χ0n) is 15.0. The van der Waals surface area contributed by atoms with Crippen molar-refractivity contribution in [2.45, 2.75) is 38.6 Å². The van der Waals surface area contributed by atoms with Crippen LogP contribution in [-0.4, -0.2) is 74.7 Å². The highest BCUT2D eigenvalue weighted by Gasteiger charge is 2.58. The Balaban J connectivity index is 0.00000144. The number of rotatable bonds is 5. The van der Waals surface area contributed by atoms with E-state index in [2.05, 4.69) is 22.0 Å². The molecule has 0 bridgehead atoms. The molecule has 0 aromatic rings. The lowest BCUT2D eigenvalue weighted by molar-refractivity contribution is -0.136. The monoisotopic (exact) mass is 381 g/mol. The zero-order valence-corrected chi connectivity index (χ0v) is 16.6. The molecular weight excluding hydrogens is 349 g/mol. The summed E-state index contributed by atoms with van der Waals surface area (Å²) in [6.07, 6.45) is 4.62. The van der Waals surface area contributed by atoms with E-state index in [9.17, 15) is 4.79 Å². The summed E-state index contributed by atoms with van der Waals surface area (Å²) in [7, 11) is 1.76. The third-order valence-electron chi connectivity index (χ3n) is 6.06. The van der Waals surface area contributed by atoms with Gasteiger partial charge in [0.25, 0.3) is 0 Å². The summed E-state index contributed by atoms with van der Waals surface area (Å²) < 4.78 is 5.21. The molecule has 1 spiro atoms. The summed E-state index contributed by atoms with van der Waals surface area (Å²) in [5.74, 6) is 0.754. The van der Waals surface area contributed by atoms with Crippen molar-refractivity contribution in [2.75, 3.05) is 53.0 Å². The number of methoxy groups -OCH3 is 1. The van der Waals surface area contributed by atoms with Crippen LogP contribution < -0.4 is 5.32 Å². The van der Waals surface area contributed by atoms with Gasteiger partial charge in [-0.2, -0.15) is 0 Å². The topological polar surface area (TPSA) is 44.8 Å². The molecule has 2 heterocycles. The van der Waals surface area contributed by atoms with Gasteiger partial charge in [-0.25, -0.2) is 0 Å². The third-order valence-corrected chi connectivity index (χ3v) is 6.06. The van der Waals surface area contributed by atoms with Crippen LogP contribution in [0.4, 0.5) is 0 Å². The second-order valence-corrected chi connectivity index (χ2v) is 7.24. The molecule has 5 nitrogen and oxygen atoms in total. The van der Waals surface area contributed by atoms with Gasteiger partial charge < -0.3 is 15.0 Å². The fourth-order valence-corrected chi connectivity index (χ4v) is 4.38. The lowest BCUT2D eigenvalue weighted by atomic mass is 9.91. The Morgan fingerprint density at radius 3 is 2.58 bits per heavy atom. The number of hydrogen-bond donors (Lipinski definition) is 1. The predicted molar refractivity (Wildman–Crippen MR) is 101 cm³/mol. The van der Waals surface area contributed by atoms with E-state index in [4.69, 9.17) is 4.74 Å². The largest absolute Gasteiger partial charge is 0.383 e. The van der Waals surface area contributed by atoms with Crippen LogP contribution in [0.3, 0.4) is 0 Å². The number of nitrogens with zero attached hydrogens (tertiary/aromatic N) is 2. The maximum absolute atomic E-state index is 12.9. The van der Waals surface area contributed by atoms with Crippen LogP contribution >= 0.6 is 24.8 Å². The van der Waals surface area contributed by atoms with Crippen molar-refractivity contribution in [3.05, 3.63) is 0 Å². The molecule has 1 saturated carbocycles. The molecule has 3 aliphatic rings. The van der Waals surface area contributed by atoms with Crippen molar-refractivity contribution in [2.24, 2.45) is 11.3 Å². The summed E-state index contributed by atoms with van der Waals surface area (Å²) in [4.78, 5) is 17.5. The standard InChI is InChI=1S/C17H31N3O2.2ClH/c1-3-14-13-20(9-8-19(14)10-11-22-2)16(21)15-12-17(15)4-6-18-7-5-17;;/h14-15,18H,3-13H2,1-2H3;2*1H. The van der Waals surface area contributed by atoms with Crippen molar-refractivity contribution < 1.29 is 9.53 Å². The zero-order chi connectivity index (χ0) is 15.6. The number of piperazine rings is 1. The molecule has 24 heavy (non-hydrogen) atoms. The molecule has 2 aliphatic heterocycles. The first-order chi connectivity index (χ1) is 10.7. The molecule has 3 fully saturated rings. The number of amides is 1. The number of hydrogen-bond acceptors (Lipinski definition) is 4. The minimum absolute atomic E-state index is 0. The lowest BCUT2D eigenvalue weighted by Gasteiger charge is -2.41. The normalized spacial score (nSPS) is 28.8. The van der Waals surface area contributed by atoms with E-state index in [0.29, 0.717) is 23.3 Å². The summed E-state index contributed by atoms with van der Waals surface area (Å²) >= 11 is 0. The van der Waals surface area contributed by atoms with Gasteiger partial charge in [-0.1, -0.05) is 6.92 Å². The lowest BCUT2D eigenvalue weighted by Crippen LogP contribution is -2.55. The average Bonchev–Trinajstić information content (AvgIpc) is 3.25. The van der Waals surface area contributed by atoms with Crippen LogP contribution in [0.2, 0.25) is 0 Å². The summed E-state index contributed by atoms with van der Waals surface area (Å²) in [6.45, 7) is 8.96. The van der Waals surface area contributed by atoms with Gasteiger partial charge in [0.1, 0.15) is 0 Å². The summed E-state index contributed by atoms with van der Waals surface area (Å²) in [5, 5.41) is 3.42. The van der Waals surface area contributed by atoms with E-state index in [1.165, 1.54) is 12.8 Å². The van der Waals surface area contributed by atoms with Gasteiger partial charge in [0.2, 0.25) is 5.91 Å². The van der Waals surface area contributed by atoms with Crippen molar-refractivity contribution in [1.82, 2.24) is 15.1 Å². The highest BCUT2D eigenvalue weighted by molar-refractivity contribution is 5.85. The smallest absolute Gasteiger partial charge is 0.226 e. The van der Waals surface area contributed by atoms with Gasteiger partial charge in [0, 0.05) is 45.2 Å². The maximum atomic E-state index is 12.9. The Kier molecular flexibility index (Phi) is 8.77. The predicted octanol–water partition coefficient (Wildman–Crippen LogP) is 1.79. The highest BCUT2D eigenvalue weighted by atomic mass is 35.5. The van der Waals surface area contributed by atoms with Crippen LogP contribution in [0.15, 0.2) is 0 Å². The van der Waals surface area contributed by atoms with Crippen molar-refractivity contribution in [1.29, 1.82) is 0 Å². The molecular formula is C17H33Cl2N3O2. The van der Waals surface area contributed by atoms with E-state index in [1.54, 1.807) is 7.11 Å². The van der Waals surface area contributed by atoms with Crippen LogP contribution in [0.5, 0.6) is 0 Å². The molecule has 2 unspecified atom stereocenters. The Hall–Kier alpha value is -0.0700. The second-order valence-electron chi connectivity index (χ2n) is 7.24. The number of ether oxygens (including phenoxy) is 1. The Morgan fingerprint density at radius 2 is 1.96 bits per heavy atom. The molecule has 142 valence electrons. The molecule has 0 aromatic carbocycles. The van der Waals surface area contributed by atoms with Gasteiger partial charge >= 0.3 is 0 Å². The average molecular weight is 382 g/mol. The number of piperidine rings is 1. The van der Waals surface area contributed by atoms with Crippen LogP contribution in [0.1, 0.15) is 32.6 Å². The third kappa shape index (κ3) is 4.55.